The van der Waals surface area contributed by atoms with Crippen molar-refractivity contribution in [2.24, 2.45) is 0 Å². The minimum absolute atomic E-state index is 0.0860. The maximum absolute atomic E-state index is 13.4. The fraction of sp³-hybridized carbons (Fsp3) is 0.579. The van der Waals surface area contributed by atoms with Gasteiger partial charge in [0, 0.05) is 23.9 Å². The Balaban J connectivity index is 1.77. The highest BCUT2D eigenvalue weighted by atomic mass is 19.1. The Hall–Kier alpha value is -2.15. The minimum Gasteiger partial charge on any atom is -0.490 e. The SMILES string of the molecule is COC(=O)c1cn2cc(C34CCC(CF)(C3)OC4)nc2cc1OC(C)C. The van der Waals surface area contributed by atoms with E-state index >= 15 is 0 Å². The van der Waals surface area contributed by atoms with Crippen LogP contribution in [0.1, 0.15) is 49.2 Å². The highest BCUT2D eigenvalue weighted by molar-refractivity contribution is 5.92. The van der Waals surface area contributed by atoms with Crippen LogP contribution in [-0.4, -0.2) is 47.5 Å². The van der Waals surface area contributed by atoms with Gasteiger partial charge >= 0.3 is 5.97 Å². The fourth-order valence-corrected chi connectivity index (χ4v) is 4.13. The Morgan fingerprint density at radius 3 is 2.81 bits per heavy atom. The molecule has 1 aliphatic carbocycles. The van der Waals surface area contributed by atoms with Crippen molar-refractivity contribution in [2.45, 2.75) is 50.2 Å². The van der Waals surface area contributed by atoms with Crippen molar-refractivity contribution in [1.29, 1.82) is 0 Å². The van der Waals surface area contributed by atoms with Gasteiger partial charge in [0.25, 0.3) is 0 Å². The van der Waals surface area contributed by atoms with Crippen LogP contribution in [0.4, 0.5) is 4.39 Å². The largest absolute Gasteiger partial charge is 0.490 e. The third-order valence-electron chi connectivity index (χ3n) is 5.48. The van der Waals surface area contributed by atoms with E-state index in [-0.39, 0.29) is 11.5 Å². The zero-order chi connectivity index (χ0) is 18.5. The molecule has 2 aliphatic rings. The second-order valence-electron chi connectivity index (χ2n) is 7.66. The number of carbonyl (C=O) groups excluding carboxylic acids is 1. The van der Waals surface area contributed by atoms with Crippen molar-refractivity contribution in [1.82, 2.24) is 9.38 Å². The van der Waals surface area contributed by atoms with Gasteiger partial charge in [-0.2, -0.15) is 0 Å². The van der Waals surface area contributed by atoms with Gasteiger partial charge in [0.1, 0.15) is 23.6 Å². The quantitative estimate of drug-likeness (QED) is 0.765. The maximum atomic E-state index is 13.4. The molecule has 0 radical (unpaired) electrons. The molecule has 0 amide bonds. The van der Waals surface area contributed by atoms with Crippen LogP contribution >= 0.6 is 0 Å². The zero-order valence-electron chi connectivity index (χ0n) is 15.3. The van der Waals surface area contributed by atoms with Gasteiger partial charge < -0.3 is 18.6 Å². The van der Waals surface area contributed by atoms with Crippen LogP contribution in [0.2, 0.25) is 0 Å². The van der Waals surface area contributed by atoms with E-state index < -0.39 is 18.2 Å². The van der Waals surface area contributed by atoms with Gasteiger partial charge in [-0.25, -0.2) is 14.2 Å². The standard InChI is InChI=1S/C19H23FN2O4/c1-12(2)26-14-6-16-21-15(8-22(16)7-13(14)17(23)24-3)18-4-5-19(9-18,10-20)25-11-18/h6-8,12H,4-5,9-11H2,1-3H3. The Kier molecular flexibility index (Phi) is 3.95. The van der Waals surface area contributed by atoms with Crippen LogP contribution in [0.5, 0.6) is 5.75 Å². The van der Waals surface area contributed by atoms with Crippen LogP contribution in [0.15, 0.2) is 18.5 Å². The van der Waals surface area contributed by atoms with Crippen molar-refractivity contribution in [3.63, 3.8) is 0 Å². The third-order valence-corrected chi connectivity index (χ3v) is 5.48. The van der Waals surface area contributed by atoms with Gasteiger partial charge in [-0.05, 0) is 33.1 Å². The molecule has 4 rings (SSSR count). The first kappa shape index (κ1) is 17.3. The second kappa shape index (κ2) is 5.94. The first-order chi connectivity index (χ1) is 12.4. The second-order valence-corrected chi connectivity index (χ2v) is 7.66. The van der Waals surface area contributed by atoms with Crippen LogP contribution < -0.4 is 4.74 Å². The maximum Gasteiger partial charge on any atom is 0.343 e. The molecule has 1 saturated carbocycles. The third kappa shape index (κ3) is 2.57. The van der Waals surface area contributed by atoms with E-state index in [2.05, 4.69) is 0 Å². The van der Waals surface area contributed by atoms with Crippen molar-refractivity contribution in [3.05, 3.63) is 29.7 Å². The van der Waals surface area contributed by atoms with Gasteiger partial charge in [0.05, 0.1) is 31.1 Å². The van der Waals surface area contributed by atoms with Gasteiger partial charge in [-0.15, -0.1) is 0 Å². The highest BCUT2D eigenvalue weighted by Gasteiger charge is 2.57. The van der Waals surface area contributed by atoms with E-state index in [0.717, 1.165) is 12.1 Å². The summed E-state index contributed by atoms with van der Waals surface area (Å²) in [6.45, 7) is 3.82. The molecule has 26 heavy (non-hydrogen) atoms. The number of esters is 1. The summed E-state index contributed by atoms with van der Waals surface area (Å²) in [5.41, 5.74) is 1.02. The number of alkyl halides is 1. The minimum atomic E-state index is -0.640. The lowest BCUT2D eigenvalue weighted by Gasteiger charge is -2.25. The molecule has 2 unspecified atom stereocenters. The summed E-state index contributed by atoms with van der Waals surface area (Å²) in [6, 6.07) is 1.75. The summed E-state index contributed by atoms with van der Waals surface area (Å²) in [5, 5.41) is 0. The summed E-state index contributed by atoms with van der Waals surface area (Å²) >= 11 is 0. The summed E-state index contributed by atoms with van der Waals surface area (Å²) in [4.78, 5) is 16.9. The number of hydrogen-bond donors (Lipinski definition) is 0. The van der Waals surface area contributed by atoms with Gasteiger partial charge in [0.15, 0.2) is 0 Å². The number of halogens is 1. The van der Waals surface area contributed by atoms with E-state index in [1.54, 1.807) is 16.7 Å². The number of pyridine rings is 1. The molecule has 2 aromatic rings. The number of fused-ring (bicyclic) bond motifs is 3. The number of methoxy groups -OCH3 is 1. The number of aromatic nitrogens is 2. The van der Waals surface area contributed by atoms with Crippen LogP contribution in [-0.2, 0) is 14.9 Å². The van der Waals surface area contributed by atoms with Crippen molar-refractivity contribution < 1.29 is 23.4 Å². The number of nitrogens with zero attached hydrogens (tertiary/aromatic N) is 2. The van der Waals surface area contributed by atoms with E-state index in [1.807, 2.05) is 20.0 Å². The van der Waals surface area contributed by atoms with E-state index in [4.69, 9.17) is 19.2 Å². The fourth-order valence-electron chi connectivity index (χ4n) is 4.13. The van der Waals surface area contributed by atoms with Gasteiger partial charge in [-0.3, -0.25) is 0 Å². The van der Waals surface area contributed by atoms with Gasteiger partial charge in [-0.1, -0.05) is 0 Å². The number of ether oxygens (including phenoxy) is 3. The molecule has 7 heteroatoms. The Morgan fingerprint density at radius 1 is 1.42 bits per heavy atom. The monoisotopic (exact) mass is 362 g/mol. The molecule has 2 bridgehead atoms. The number of rotatable bonds is 5. The molecule has 3 heterocycles. The topological polar surface area (TPSA) is 62.1 Å². The lowest BCUT2D eigenvalue weighted by molar-refractivity contribution is -0.0356. The predicted octanol–water partition coefficient (Wildman–Crippen LogP) is 3.07. The first-order valence-electron chi connectivity index (χ1n) is 8.88. The zero-order valence-corrected chi connectivity index (χ0v) is 15.3. The van der Waals surface area contributed by atoms with Crippen molar-refractivity contribution >= 4 is 11.6 Å². The molecule has 1 saturated heterocycles. The first-order valence-corrected chi connectivity index (χ1v) is 8.88. The van der Waals surface area contributed by atoms with E-state index in [1.165, 1.54) is 7.11 Å². The Morgan fingerprint density at radius 2 is 2.23 bits per heavy atom. The molecule has 2 fully saturated rings. The van der Waals surface area contributed by atoms with E-state index in [0.29, 0.717) is 36.4 Å². The molecule has 2 aromatic heterocycles. The number of imidazole rings is 1. The number of carbonyl (C=O) groups is 1. The van der Waals surface area contributed by atoms with Crippen molar-refractivity contribution in [2.75, 3.05) is 20.4 Å². The molecule has 0 N–H and O–H groups in total. The summed E-state index contributed by atoms with van der Waals surface area (Å²) < 4.78 is 31.6. The van der Waals surface area contributed by atoms with E-state index in [9.17, 15) is 9.18 Å². The molecule has 140 valence electrons. The smallest absolute Gasteiger partial charge is 0.343 e. The Labute approximate surface area is 151 Å². The molecular weight excluding hydrogens is 339 g/mol. The molecule has 0 spiro atoms. The lowest BCUT2D eigenvalue weighted by atomic mass is 9.84. The number of hydrogen-bond acceptors (Lipinski definition) is 5. The van der Waals surface area contributed by atoms with Crippen molar-refractivity contribution in [3.8, 4) is 5.75 Å². The van der Waals surface area contributed by atoms with Crippen LogP contribution in [0.3, 0.4) is 0 Å². The average molecular weight is 362 g/mol. The highest BCUT2D eigenvalue weighted by Crippen LogP contribution is 2.54. The average Bonchev–Trinajstić information content (AvgIpc) is 3.32. The lowest BCUT2D eigenvalue weighted by Crippen LogP contribution is -2.29. The summed E-state index contributed by atoms with van der Waals surface area (Å²) in [6.07, 6.45) is 5.73. The Bertz CT molecular complexity index is 853. The molecule has 1 aliphatic heterocycles. The van der Waals surface area contributed by atoms with Crippen LogP contribution in [0, 0.1) is 0 Å². The predicted molar refractivity (Wildman–Crippen MR) is 92.5 cm³/mol. The van der Waals surface area contributed by atoms with Gasteiger partial charge in [0.2, 0.25) is 0 Å². The molecular formula is C19H23FN2O4. The molecule has 2 atom stereocenters. The molecule has 0 aromatic carbocycles. The normalized spacial score (nSPS) is 27.4. The molecule has 6 nitrogen and oxygen atoms in total. The van der Waals surface area contributed by atoms with Crippen LogP contribution in [0.25, 0.3) is 5.65 Å². The summed E-state index contributed by atoms with van der Waals surface area (Å²) in [5.74, 6) is -0.0151. The summed E-state index contributed by atoms with van der Waals surface area (Å²) in [7, 11) is 1.34.